The van der Waals surface area contributed by atoms with Gasteiger partial charge in [-0.2, -0.15) is 0 Å². The fourth-order valence-electron chi connectivity index (χ4n) is 1.14. The summed E-state index contributed by atoms with van der Waals surface area (Å²) in [6, 6.07) is 5.97. The second-order valence-electron chi connectivity index (χ2n) is 2.95. The van der Waals surface area contributed by atoms with Gasteiger partial charge in [-0.3, -0.25) is 4.79 Å². The zero-order chi connectivity index (χ0) is 10.6. The van der Waals surface area contributed by atoms with E-state index in [0.29, 0.717) is 6.42 Å². The average molecular weight is 322 g/mol. The second kappa shape index (κ2) is 5.51. The summed E-state index contributed by atoms with van der Waals surface area (Å²) in [4.78, 5) is 10.4. The second-order valence-corrected chi connectivity index (χ2v) is 4.37. The lowest BCUT2D eigenvalue weighted by molar-refractivity contribution is -0.136. The average Bonchev–Trinajstić information content (AvgIpc) is 2.16. The van der Waals surface area contributed by atoms with Gasteiger partial charge in [0.1, 0.15) is 0 Å². The molecular formula is C10H10Br2O2. The highest BCUT2D eigenvalue weighted by Crippen LogP contribution is 2.21. The van der Waals surface area contributed by atoms with Crippen LogP contribution >= 0.6 is 31.9 Å². The molecule has 0 unspecified atom stereocenters. The van der Waals surface area contributed by atoms with Crippen molar-refractivity contribution < 1.29 is 9.90 Å². The summed E-state index contributed by atoms with van der Waals surface area (Å²) in [5.74, 6) is -0.763. The van der Waals surface area contributed by atoms with Crippen molar-refractivity contribution in [2.24, 2.45) is 0 Å². The molecule has 0 saturated heterocycles. The Morgan fingerprint density at radius 2 is 2.14 bits per heavy atom. The number of carboxylic acid groups (broad SMARTS) is 1. The predicted molar refractivity (Wildman–Crippen MR) is 62.7 cm³/mol. The fraction of sp³-hybridized carbons (Fsp3) is 0.300. The zero-order valence-electron chi connectivity index (χ0n) is 7.46. The van der Waals surface area contributed by atoms with Crippen molar-refractivity contribution in [2.45, 2.75) is 18.2 Å². The van der Waals surface area contributed by atoms with Crippen LogP contribution in [0.3, 0.4) is 0 Å². The number of carboxylic acids is 1. The van der Waals surface area contributed by atoms with Gasteiger partial charge < -0.3 is 5.11 Å². The quantitative estimate of drug-likeness (QED) is 0.863. The first kappa shape index (κ1) is 11.7. The molecule has 4 heteroatoms. The standard InChI is InChI=1S/C10H10Br2O2/c11-6-7-1-3-9(12)8(5-7)2-4-10(13)14/h1,3,5H,2,4,6H2,(H,13,14). The van der Waals surface area contributed by atoms with Crippen LogP contribution in [0.15, 0.2) is 22.7 Å². The Balaban J connectivity index is 2.78. The van der Waals surface area contributed by atoms with E-state index in [4.69, 9.17) is 5.11 Å². The van der Waals surface area contributed by atoms with Crippen LogP contribution in [-0.4, -0.2) is 11.1 Å². The molecule has 0 aromatic heterocycles. The third kappa shape index (κ3) is 3.42. The van der Waals surface area contributed by atoms with Crippen molar-refractivity contribution in [1.29, 1.82) is 0 Å². The lowest BCUT2D eigenvalue weighted by Crippen LogP contribution is -1.98. The van der Waals surface area contributed by atoms with Crippen molar-refractivity contribution >= 4 is 37.8 Å². The summed E-state index contributed by atoms with van der Waals surface area (Å²) in [6.07, 6.45) is 0.737. The Labute approximate surface area is 99.6 Å². The van der Waals surface area contributed by atoms with E-state index in [2.05, 4.69) is 31.9 Å². The summed E-state index contributed by atoms with van der Waals surface area (Å²) in [5, 5.41) is 9.36. The molecule has 1 N–H and O–H groups in total. The molecule has 0 fully saturated rings. The molecule has 0 atom stereocenters. The smallest absolute Gasteiger partial charge is 0.303 e. The van der Waals surface area contributed by atoms with Gasteiger partial charge in [0.25, 0.3) is 0 Å². The normalized spacial score (nSPS) is 10.1. The minimum Gasteiger partial charge on any atom is -0.481 e. The topological polar surface area (TPSA) is 37.3 Å². The van der Waals surface area contributed by atoms with Crippen LogP contribution in [0.4, 0.5) is 0 Å². The third-order valence-corrected chi connectivity index (χ3v) is 3.29. The first-order valence-electron chi connectivity index (χ1n) is 4.18. The summed E-state index contributed by atoms with van der Waals surface area (Å²) in [7, 11) is 0. The molecule has 0 aliphatic carbocycles. The monoisotopic (exact) mass is 320 g/mol. The number of halogens is 2. The molecular weight excluding hydrogens is 312 g/mol. The van der Waals surface area contributed by atoms with Crippen LogP contribution in [0.1, 0.15) is 17.5 Å². The van der Waals surface area contributed by atoms with Gasteiger partial charge in [0, 0.05) is 16.2 Å². The first-order chi connectivity index (χ1) is 6.63. The molecule has 14 heavy (non-hydrogen) atoms. The van der Waals surface area contributed by atoms with E-state index in [0.717, 1.165) is 20.9 Å². The molecule has 0 heterocycles. The van der Waals surface area contributed by atoms with E-state index in [9.17, 15) is 4.79 Å². The van der Waals surface area contributed by atoms with Crippen LogP contribution in [0.2, 0.25) is 0 Å². The summed E-state index contributed by atoms with van der Waals surface area (Å²) >= 11 is 6.77. The highest BCUT2D eigenvalue weighted by molar-refractivity contribution is 9.10. The van der Waals surface area contributed by atoms with Crippen LogP contribution in [0.5, 0.6) is 0 Å². The molecule has 2 nitrogen and oxygen atoms in total. The van der Waals surface area contributed by atoms with E-state index in [1.807, 2.05) is 18.2 Å². The number of hydrogen-bond acceptors (Lipinski definition) is 1. The van der Waals surface area contributed by atoms with Gasteiger partial charge in [0.05, 0.1) is 0 Å². The number of carbonyl (C=O) groups is 1. The Morgan fingerprint density at radius 3 is 2.71 bits per heavy atom. The lowest BCUT2D eigenvalue weighted by Gasteiger charge is -2.04. The fourth-order valence-corrected chi connectivity index (χ4v) is 1.94. The number of benzene rings is 1. The molecule has 0 saturated carbocycles. The van der Waals surface area contributed by atoms with Crippen LogP contribution < -0.4 is 0 Å². The van der Waals surface area contributed by atoms with Crippen molar-refractivity contribution in [3.05, 3.63) is 33.8 Å². The minimum atomic E-state index is -0.763. The third-order valence-electron chi connectivity index (χ3n) is 1.87. The van der Waals surface area contributed by atoms with E-state index < -0.39 is 5.97 Å². The van der Waals surface area contributed by atoms with Gasteiger partial charge in [-0.1, -0.05) is 44.0 Å². The maximum atomic E-state index is 10.4. The van der Waals surface area contributed by atoms with Gasteiger partial charge >= 0.3 is 5.97 Å². The van der Waals surface area contributed by atoms with Gasteiger partial charge in [0.15, 0.2) is 0 Å². The van der Waals surface area contributed by atoms with E-state index in [1.54, 1.807) is 0 Å². The highest BCUT2D eigenvalue weighted by Gasteiger charge is 2.04. The number of aryl methyl sites for hydroxylation is 1. The number of aliphatic carboxylic acids is 1. The molecule has 0 radical (unpaired) electrons. The summed E-state index contributed by atoms with van der Waals surface area (Å²) < 4.78 is 0.975. The molecule has 0 bridgehead atoms. The van der Waals surface area contributed by atoms with Crippen LogP contribution in [0.25, 0.3) is 0 Å². The molecule has 1 rings (SSSR count). The van der Waals surface area contributed by atoms with E-state index >= 15 is 0 Å². The molecule has 0 aliphatic heterocycles. The van der Waals surface area contributed by atoms with Crippen molar-refractivity contribution in [1.82, 2.24) is 0 Å². The SMILES string of the molecule is O=C(O)CCc1cc(CBr)ccc1Br. The maximum Gasteiger partial charge on any atom is 0.303 e. The molecule has 1 aromatic carbocycles. The summed E-state index contributed by atoms with van der Waals surface area (Å²) in [5.41, 5.74) is 2.21. The van der Waals surface area contributed by atoms with E-state index in [1.165, 1.54) is 0 Å². The van der Waals surface area contributed by atoms with Crippen molar-refractivity contribution in [3.8, 4) is 0 Å². The number of hydrogen-bond donors (Lipinski definition) is 1. The zero-order valence-corrected chi connectivity index (χ0v) is 10.6. The molecule has 0 aliphatic rings. The molecule has 1 aromatic rings. The molecule has 76 valence electrons. The Morgan fingerprint density at radius 1 is 1.43 bits per heavy atom. The minimum absolute atomic E-state index is 0.171. The number of alkyl halides is 1. The van der Waals surface area contributed by atoms with Gasteiger partial charge in [-0.05, 0) is 23.6 Å². The summed E-state index contributed by atoms with van der Waals surface area (Å²) in [6.45, 7) is 0. The maximum absolute atomic E-state index is 10.4. The van der Waals surface area contributed by atoms with Gasteiger partial charge in [0.2, 0.25) is 0 Å². The predicted octanol–water partition coefficient (Wildman–Crippen LogP) is 3.36. The Bertz CT molecular complexity index is 337. The number of rotatable bonds is 4. The van der Waals surface area contributed by atoms with Gasteiger partial charge in [-0.25, -0.2) is 0 Å². The molecule has 0 spiro atoms. The van der Waals surface area contributed by atoms with Crippen LogP contribution in [0, 0.1) is 0 Å². The first-order valence-corrected chi connectivity index (χ1v) is 6.10. The van der Waals surface area contributed by atoms with E-state index in [-0.39, 0.29) is 6.42 Å². The Hall–Kier alpha value is -0.350. The van der Waals surface area contributed by atoms with Gasteiger partial charge in [-0.15, -0.1) is 0 Å². The lowest BCUT2D eigenvalue weighted by atomic mass is 10.1. The molecule has 0 amide bonds. The van der Waals surface area contributed by atoms with Crippen LogP contribution in [-0.2, 0) is 16.5 Å². The largest absolute Gasteiger partial charge is 0.481 e. The van der Waals surface area contributed by atoms with Crippen molar-refractivity contribution in [3.63, 3.8) is 0 Å². The van der Waals surface area contributed by atoms with Crippen molar-refractivity contribution in [2.75, 3.05) is 0 Å². The highest BCUT2D eigenvalue weighted by atomic mass is 79.9. The Kier molecular flexibility index (Phi) is 4.62.